The van der Waals surface area contributed by atoms with Gasteiger partial charge in [-0.25, -0.2) is 0 Å². The van der Waals surface area contributed by atoms with Crippen LogP contribution in [0, 0.1) is 21.4 Å². The molecule has 0 amide bonds. The highest BCUT2D eigenvalue weighted by Crippen LogP contribution is 2.30. The number of hydrogen-bond acceptors (Lipinski definition) is 4. The molecule has 0 aliphatic heterocycles. The quantitative estimate of drug-likeness (QED) is 0.645. The van der Waals surface area contributed by atoms with Crippen LogP contribution in [0.1, 0.15) is 5.56 Å². The van der Waals surface area contributed by atoms with E-state index in [-0.39, 0.29) is 11.3 Å². The highest BCUT2D eigenvalue weighted by atomic mass is 79.9. The normalized spacial score (nSPS) is 9.85. The zero-order valence-electron chi connectivity index (χ0n) is 9.93. The van der Waals surface area contributed by atoms with Crippen molar-refractivity contribution in [3.63, 3.8) is 0 Å². The Bertz CT molecular complexity index is 728. The first-order valence-corrected chi connectivity index (χ1v) is 6.59. The molecule has 0 bridgehead atoms. The summed E-state index contributed by atoms with van der Waals surface area (Å²) in [6.07, 6.45) is 0. The van der Waals surface area contributed by atoms with Crippen LogP contribution in [0.4, 0.5) is 17.1 Å². The van der Waals surface area contributed by atoms with E-state index in [0.29, 0.717) is 16.4 Å². The second-order valence-electron chi connectivity index (χ2n) is 3.85. The standard InChI is InChI=1S/C13H7BrClN3O2/c14-9-1-3-12(11(15)6-9)17-10-2-4-13(18(19)20)8(5-10)7-16/h1-6,17H. The Balaban J connectivity index is 2.35. The number of nitro groups is 1. The van der Waals surface area contributed by atoms with E-state index in [1.807, 2.05) is 6.07 Å². The van der Waals surface area contributed by atoms with E-state index < -0.39 is 4.92 Å². The number of nitro benzene ring substituents is 1. The zero-order valence-corrected chi connectivity index (χ0v) is 12.3. The second-order valence-corrected chi connectivity index (χ2v) is 5.17. The molecule has 0 aromatic heterocycles. The maximum Gasteiger partial charge on any atom is 0.287 e. The van der Waals surface area contributed by atoms with Crippen LogP contribution in [0.3, 0.4) is 0 Å². The fourth-order valence-corrected chi connectivity index (χ4v) is 2.33. The van der Waals surface area contributed by atoms with Gasteiger partial charge in [-0.05, 0) is 30.3 Å². The van der Waals surface area contributed by atoms with Gasteiger partial charge in [-0.15, -0.1) is 0 Å². The van der Waals surface area contributed by atoms with Gasteiger partial charge in [-0.1, -0.05) is 27.5 Å². The summed E-state index contributed by atoms with van der Waals surface area (Å²) in [5.41, 5.74) is 0.970. The molecular formula is C13H7BrClN3O2. The van der Waals surface area contributed by atoms with Crippen LogP contribution in [0.25, 0.3) is 0 Å². The van der Waals surface area contributed by atoms with Crippen molar-refractivity contribution in [3.05, 3.63) is 61.6 Å². The minimum atomic E-state index is -0.588. The maximum absolute atomic E-state index is 10.7. The molecule has 20 heavy (non-hydrogen) atoms. The average Bonchev–Trinajstić information content (AvgIpc) is 2.41. The van der Waals surface area contributed by atoms with Crippen molar-refractivity contribution in [2.45, 2.75) is 0 Å². The molecule has 0 aliphatic carbocycles. The minimum Gasteiger partial charge on any atom is -0.354 e. The molecule has 0 heterocycles. The summed E-state index contributed by atoms with van der Waals surface area (Å²) in [4.78, 5) is 10.2. The van der Waals surface area contributed by atoms with Gasteiger partial charge in [0, 0.05) is 16.2 Å². The molecule has 0 spiro atoms. The lowest BCUT2D eigenvalue weighted by atomic mass is 10.1. The molecule has 0 unspecified atom stereocenters. The van der Waals surface area contributed by atoms with E-state index in [1.165, 1.54) is 18.2 Å². The van der Waals surface area contributed by atoms with Gasteiger partial charge >= 0.3 is 0 Å². The van der Waals surface area contributed by atoms with Crippen LogP contribution in [-0.4, -0.2) is 4.92 Å². The van der Waals surface area contributed by atoms with Gasteiger partial charge < -0.3 is 5.32 Å². The van der Waals surface area contributed by atoms with Crippen molar-refractivity contribution in [1.29, 1.82) is 5.26 Å². The molecule has 0 atom stereocenters. The summed E-state index contributed by atoms with van der Waals surface area (Å²) in [5.74, 6) is 0. The van der Waals surface area contributed by atoms with E-state index in [9.17, 15) is 10.1 Å². The van der Waals surface area contributed by atoms with Gasteiger partial charge in [0.25, 0.3) is 5.69 Å². The molecule has 5 nitrogen and oxygen atoms in total. The Morgan fingerprint density at radius 3 is 2.65 bits per heavy atom. The predicted molar refractivity (Wildman–Crippen MR) is 80.2 cm³/mol. The summed E-state index contributed by atoms with van der Waals surface area (Å²) >= 11 is 9.37. The van der Waals surface area contributed by atoms with Crippen molar-refractivity contribution in [2.75, 3.05) is 5.32 Å². The van der Waals surface area contributed by atoms with Crippen molar-refractivity contribution in [3.8, 4) is 6.07 Å². The van der Waals surface area contributed by atoms with Gasteiger partial charge in [-0.3, -0.25) is 10.1 Å². The number of benzene rings is 2. The molecule has 100 valence electrons. The first kappa shape index (κ1) is 14.3. The molecule has 2 aromatic rings. The van der Waals surface area contributed by atoms with Crippen LogP contribution in [-0.2, 0) is 0 Å². The number of hydrogen-bond donors (Lipinski definition) is 1. The lowest BCUT2D eigenvalue weighted by molar-refractivity contribution is -0.385. The summed E-state index contributed by atoms with van der Waals surface area (Å²) in [7, 11) is 0. The Labute approximate surface area is 128 Å². The van der Waals surface area contributed by atoms with Gasteiger partial charge in [0.05, 0.1) is 15.6 Å². The van der Waals surface area contributed by atoms with Crippen LogP contribution in [0.15, 0.2) is 40.9 Å². The van der Waals surface area contributed by atoms with Crippen LogP contribution in [0.5, 0.6) is 0 Å². The van der Waals surface area contributed by atoms with Crippen molar-refractivity contribution >= 4 is 44.6 Å². The molecular weight excluding hydrogens is 346 g/mol. The van der Waals surface area contributed by atoms with Gasteiger partial charge in [0.1, 0.15) is 11.6 Å². The van der Waals surface area contributed by atoms with Crippen LogP contribution < -0.4 is 5.32 Å². The third-order valence-electron chi connectivity index (χ3n) is 2.52. The number of anilines is 2. The Kier molecular flexibility index (Phi) is 4.23. The molecule has 1 N–H and O–H groups in total. The summed E-state index contributed by atoms with van der Waals surface area (Å²) < 4.78 is 0.842. The zero-order chi connectivity index (χ0) is 14.7. The SMILES string of the molecule is N#Cc1cc(Nc2ccc(Br)cc2Cl)ccc1[N+](=O)[O-]. The highest BCUT2D eigenvalue weighted by Gasteiger charge is 2.14. The smallest absolute Gasteiger partial charge is 0.287 e. The average molecular weight is 353 g/mol. The third-order valence-corrected chi connectivity index (χ3v) is 3.33. The Hall–Kier alpha value is -2.10. The number of nitrogens with zero attached hydrogens (tertiary/aromatic N) is 2. The molecule has 7 heteroatoms. The Morgan fingerprint density at radius 2 is 2.05 bits per heavy atom. The summed E-state index contributed by atoms with van der Waals surface area (Å²) in [6, 6.07) is 11.3. The highest BCUT2D eigenvalue weighted by molar-refractivity contribution is 9.10. The van der Waals surface area contributed by atoms with Crippen molar-refractivity contribution in [2.24, 2.45) is 0 Å². The van der Waals surface area contributed by atoms with E-state index in [4.69, 9.17) is 16.9 Å². The first-order chi connectivity index (χ1) is 9.51. The topological polar surface area (TPSA) is 79.0 Å². The molecule has 0 saturated heterocycles. The van der Waals surface area contributed by atoms with E-state index in [2.05, 4.69) is 21.2 Å². The first-order valence-electron chi connectivity index (χ1n) is 5.42. The summed E-state index contributed by atoms with van der Waals surface area (Å²) in [6.45, 7) is 0. The fourth-order valence-electron chi connectivity index (χ4n) is 1.61. The number of nitriles is 1. The lowest BCUT2D eigenvalue weighted by Gasteiger charge is -2.09. The molecule has 2 rings (SSSR count). The monoisotopic (exact) mass is 351 g/mol. The number of rotatable bonds is 3. The van der Waals surface area contributed by atoms with Crippen LogP contribution >= 0.6 is 27.5 Å². The maximum atomic E-state index is 10.7. The van der Waals surface area contributed by atoms with Crippen molar-refractivity contribution < 1.29 is 4.92 Å². The predicted octanol–water partition coefficient (Wildman–Crippen LogP) is 4.63. The van der Waals surface area contributed by atoms with Gasteiger partial charge in [-0.2, -0.15) is 5.26 Å². The van der Waals surface area contributed by atoms with E-state index in [1.54, 1.807) is 18.2 Å². The lowest BCUT2D eigenvalue weighted by Crippen LogP contribution is -1.96. The molecule has 0 fully saturated rings. The molecule has 0 aliphatic rings. The van der Waals surface area contributed by atoms with Crippen LogP contribution in [0.2, 0.25) is 5.02 Å². The molecule has 0 saturated carbocycles. The summed E-state index contributed by atoms with van der Waals surface area (Å²) in [5, 5.41) is 23.2. The number of halogens is 2. The molecule has 0 radical (unpaired) electrons. The third kappa shape index (κ3) is 3.07. The fraction of sp³-hybridized carbons (Fsp3) is 0. The van der Waals surface area contributed by atoms with Gasteiger partial charge in [0.15, 0.2) is 0 Å². The van der Waals surface area contributed by atoms with E-state index in [0.717, 1.165) is 4.47 Å². The second kappa shape index (κ2) is 5.90. The Morgan fingerprint density at radius 1 is 1.30 bits per heavy atom. The van der Waals surface area contributed by atoms with Crippen molar-refractivity contribution in [1.82, 2.24) is 0 Å². The molecule has 2 aromatic carbocycles. The van der Waals surface area contributed by atoms with Gasteiger partial charge in [0.2, 0.25) is 0 Å². The largest absolute Gasteiger partial charge is 0.354 e. The minimum absolute atomic E-state index is 0.00626. The number of nitrogens with one attached hydrogen (secondary N) is 1. The van der Waals surface area contributed by atoms with E-state index >= 15 is 0 Å².